The zero-order valence-corrected chi connectivity index (χ0v) is 10.4. The molecule has 1 saturated heterocycles. The summed E-state index contributed by atoms with van der Waals surface area (Å²) in [5.74, 6) is -0.575. The van der Waals surface area contributed by atoms with Crippen molar-refractivity contribution in [2.75, 3.05) is 39.8 Å². The molecule has 1 amide bonds. The van der Waals surface area contributed by atoms with E-state index >= 15 is 0 Å². The molecule has 0 aromatic heterocycles. The van der Waals surface area contributed by atoms with Gasteiger partial charge in [0.15, 0.2) is 0 Å². The van der Waals surface area contributed by atoms with Gasteiger partial charge in [-0.3, -0.25) is 9.69 Å². The van der Waals surface area contributed by atoms with Crippen molar-refractivity contribution in [3.8, 4) is 0 Å². The first-order valence-corrected chi connectivity index (χ1v) is 5.98. The molecular weight excluding hydrogens is 249 g/mol. The molecule has 106 valence electrons. The first-order valence-electron chi connectivity index (χ1n) is 5.98. The van der Waals surface area contributed by atoms with E-state index in [1.807, 2.05) is 0 Å². The number of hydrogen-bond acceptors (Lipinski definition) is 3. The van der Waals surface area contributed by atoms with Crippen LogP contribution in [0.15, 0.2) is 0 Å². The van der Waals surface area contributed by atoms with Crippen LogP contribution in [0.4, 0.5) is 13.2 Å². The van der Waals surface area contributed by atoms with Crippen LogP contribution in [-0.2, 0) is 4.79 Å². The molecule has 7 heteroatoms. The molecule has 0 aromatic rings. The maximum atomic E-state index is 12.3. The third kappa shape index (κ3) is 4.81. The number of piperidine rings is 1. The van der Waals surface area contributed by atoms with Crippen molar-refractivity contribution >= 4 is 5.91 Å². The first-order chi connectivity index (χ1) is 8.33. The number of halogens is 3. The van der Waals surface area contributed by atoms with Crippen molar-refractivity contribution < 1.29 is 23.1 Å². The molecular formula is C11H19F3N2O2. The highest BCUT2D eigenvalue weighted by Crippen LogP contribution is 2.23. The van der Waals surface area contributed by atoms with E-state index in [-0.39, 0.29) is 25.6 Å². The molecule has 0 saturated carbocycles. The fraction of sp³-hybridized carbons (Fsp3) is 0.909. The van der Waals surface area contributed by atoms with E-state index in [1.54, 1.807) is 7.05 Å². The molecule has 0 radical (unpaired) electrons. The van der Waals surface area contributed by atoms with Crippen LogP contribution in [0.3, 0.4) is 0 Å². The molecule has 0 aliphatic carbocycles. The minimum absolute atomic E-state index is 0.138. The van der Waals surface area contributed by atoms with E-state index in [0.29, 0.717) is 19.4 Å². The smallest absolute Gasteiger partial charge is 0.395 e. The number of hydrogen-bond donors (Lipinski definition) is 1. The Bertz CT molecular complexity index is 284. The van der Waals surface area contributed by atoms with Crippen LogP contribution >= 0.6 is 0 Å². The SMILES string of the molecule is CN(CCO)C(=O)C1CCCN(CC(F)(F)F)C1. The van der Waals surface area contributed by atoms with Crippen LogP contribution in [0.1, 0.15) is 12.8 Å². The molecule has 0 aromatic carbocycles. The second-order valence-corrected chi connectivity index (χ2v) is 4.67. The van der Waals surface area contributed by atoms with Gasteiger partial charge in [-0.05, 0) is 19.4 Å². The quantitative estimate of drug-likeness (QED) is 0.816. The molecule has 4 nitrogen and oxygen atoms in total. The highest BCUT2D eigenvalue weighted by atomic mass is 19.4. The van der Waals surface area contributed by atoms with Crippen LogP contribution in [-0.4, -0.2) is 66.8 Å². The van der Waals surface area contributed by atoms with Crippen molar-refractivity contribution in [3.63, 3.8) is 0 Å². The predicted molar refractivity (Wildman–Crippen MR) is 59.9 cm³/mol. The summed E-state index contributed by atoms with van der Waals surface area (Å²) < 4.78 is 36.8. The molecule has 1 aliphatic heterocycles. The van der Waals surface area contributed by atoms with Crippen molar-refractivity contribution in [1.29, 1.82) is 0 Å². The van der Waals surface area contributed by atoms with Crippen LogP contribution in [0.5, 0.6) is 0 Å². The Balaban J connectivity index is 2.50. The van der Waals surface area contributed by atoms with Crippen molar-refractivity contribution in [2.45, 2.75) is 19.0 Å². The molecule has 1 heterocycles. The average Bonchev–Trinajstić information content (AvgIpc) is 2.26. The molecule has 0 spiro atoms. The molecule has 1 fully saturated rings. The summed E-state index contributed by atoms with van der Waals surface area (Å²) in [6.45, 7) is -0.350. The normalized spacial score (nSPS) is 21.9. The zero-order valence-electron chi connectivity index (χ0n) is 10.4. The van der Waals surface area contributed by atoms with Crippen molar-refractivity contribution in [3.05, 3.63) is 0 Å². The summed E-state index contributed by atoms with van der Waals surface area (Å²) in [6.07, 6.45) is -3.01. The number of amides is 1. The Morgan fingerprint density at radius 1 is 1.50 bits per heavy atom. The number of nitrogens with zero attached hydrogens (tertiary/aromatic N) is 2. The highest BCUT2D eigenvalue weighted by molar-refractivity contribution is 5.78. The minimum Gasteiger partial charge on any atom is -0.395 e. The van der Waals surface area contributed by atoms with Crippen molar-refractivity contribution in [1.82, 2.24) is 9.80 Å². The monoisotopic (exact) mass is 268 g/mol. The average molecular weight is 268 g/mol. The largest absolute Gasteiger partial charge is 0.401 e. The van der Waals surface area contributed by atoms with E-state index < -0.39 is 18.6 Å². The van der Waals surface area contributed by atoms with Gasteiger partial charge < -0.3 is 10.0 Å². The Morgan fingerprint density at radius 3 is 2.72 bits per heavy atom. The van der Waals surface area contributed by atoms with Gasteiger partial charge in [0.05, 0.1) is 19.1 Å². The highest BCUT2D eigenvalue weighted by Gasteiger charge is 2.35. The number of likely N-dealkylation sites (tertiary alicyclic amines) is 1. The summed E-state index contributed by atoms with van der Waals surface area (Å²) in [7, 11) is 1.56. The number of alkyl halides is 3. The van der Waals surface area contributed by atoms with Gasteiger partial charge in [-0.25, -0.2) is 0 Å². The number of likely N-dealkylation sites (N-methyl/N-ethyl adjacent to an activating group) is 1. The summed E-state index contributed by atoms with van der Waals surface area (Å²) in [6, 6.07) is 0. The van der Waals surface area contributed by atoms with Gasteiger partial charge in [0, 0.05) is 20.1 Å². The second-order valence-electron chi connectivity index (χ2n) is 4.67. The lowest BCUT2D eigenvalue weighted by Gasteiger charge is -2.34. The summed E-state index contributed by atoms with van der Waals surface area (Å²) in [5, 5.41) is 8.74. The van der Waals surface area contributed by atoms with Gasteiger partial charge in [-0.15, -0.1) is 0 Å². The minimum atomic E-state index is -4.22. The van der Waals surface area contributed by atoms with E-state index in [1.165, 1.54) is 9.80 Å². The fourth-order valence-electron chi connectivity index (χ4n) is 2.23. The molecule has 0 bridgehead atoms. The zero-order chi connectivity index (χ0) is 13.8. The summed E-state index contributed by atoms with van der Waals surface area (Å²) >= 11 is 0. The second kappa shape index (κ2) is 6.38. The van der Waals surface area contributed by atoms with Gasteiger partial charge in [-0.1, -0.05) is 0 Å². The van der Waals surface area contributed by atoms with Gasteiger partial charge in [0.25, 0.3) is 0 Å². The van der Waals surface area contributed by atoms with Gasteiger partial charge in [0.2, 0.25) is 5.91 Å². The summed E-state index contributed by atoms with van der Waals surface area (Å²) in [4.78, 5) is 14.6. The van der Waals surface area contributed by atoms with E-state index in [9.17, 15) is 18.0 Å². The molecule has 1 rings (SSSR count). The molecule has 1 N–H and O–H groups in total. The maximum absolute atomic E-state index is 12.3. The predicted octanol–water partition coefficient (Wildman–Crippen LogP) is 0.711. The Hall–Kier alpha value is -0.820. The van der Waals surface area contributed by atoms with Gasteiger partial charge >= 0.3 is 6.18 Å². The van der Waals surface area contributed by atoms with E-state index in [4.69, 9.17) is 5.11 Å². The number of carbonyl (C=O) groups is 1. The third-order valence-corrected chi connectivity index (χ3v) is 3.07. The maximum Gasteiger partial charge on any atom is 0.401 e. The van der Waals surface area contributed by atoms with Crippen LogP contribution < -0.4 is 0 Å². The Morgan fingerprint density at radius 2 is 2.17 bits per heavy atom. The first kappa shape index (κ1) is 15.2. The molecule has 1 aliphatic rings. The summed E-state index contributed by atoms with van der Waals surface area (Å²) in [5.41, 5.74) is 0. The molecule has 18 heavy (non-hydrogen) atoms. The Kier molecular flexibility index (Phi) is 5.40. The van der Waals surface area contributed by atoms with Crippen LogP contribution in [0, 0.1) is 5.92 Å². The molecule has 1 atom stereocenters. The number of carbonyl (C=O) groups excluding carboxylic acids is 1. The van der Waals surface area contributed by atoms with Crippen LogP contribution in [0.25, 0.3) is 0 Å². The van der Waals surface area contributed by atoms with E-state index in [0.717, 1.165) is 0 Å². The van der Waals surface area contributed by atoms with Gasteiger partial charge in [-0.2, -0.15) is 13.2 Å². The lowest BCUT2D eigenvalue weighted by molar-refractivity contribution is -0.154. The fourth-order valence-corrected chi connectivity index (χ4v) is 2.23. The lowest BCUT2D eigenvalue weighted by Crippen LogP contribution is -2.46. The topological polar surface area (TPSA) is 43.8 Å². The van der Waals surface area contributed by atoms with Crippen molar-refractivity contribution in [2.24, 2.45) is 5.92 Å². The van der Waals surface area contributed by atoms with Crippen LogP contribution in [0.2, 0.25) is 0 Å². The Labute approximate surface area is 104 Å². The lowest BCUT2D eigenvalue weighted by atomic mass is 9.96. The van der Waals surface area contributed by atoms with Gasteiger partial charge in [0.1, 0.15) is 0 Å². The standard InChI is InChI=1S/C11H19F3N2O2/c1-15(5-6-17)10(18)9-3-2-4-16(7-9)8-11(12,13)14/h9,17H,2-8H2,1H3. The number of aliphatic hydroxyl groups excluding tert-OH is 1. The number of rotatable bonds is 4. The number of aliphatic hydroxyl groups is 1. The van der Waals surface area contributed by atoms with E-state index in [2.05, 4.69) is 0 Å². The third-order valence-electron chi connectivity index (χ3n) is 3.07. The molecule has 1 unspecified atom stereocenters.